The predicted molar refractivity (Wildman–Crippen MR) is 64.9 cm³/mol. The highest BCUT2D eigenvalue weighted by molar-refractivity contribution is 5.64. The first kappa shape index (κ1) is 13.8. The first-order chi connectivity index (χ1) is 7.11. The van der Waals surface area contributed by atoms with Crippen LogP contribution in [-0.4, -0.2) is 32.5 Å². The van der Waals surface area contributed by atoms with Crippen LogP contribution in [0.2, 0.25) is 0 Å². The Labute approximate surface area is 91.9 Å². The summed E-state index contributed by atoms with van der Waals surface area (Å²) >= 11 is 0. The van der Waals surface area contributed by atoms with Gasteiger partial charge in [-0.3, -0.25) is 0 Å². The average molecular weight is 208 g/mol. The minimum absolute atomic E-state index is 0.311. The first-order valence-electron chi connectivity index (χ1n) is 4.97. The Bertz CT molecular complexity index is 256. The maximum Gasteiger partial charge on any atom is 0.141 e. The molecule has 1 unspecified atom stereocenters. The lowest BCUT2D eigenvalue weighted by molar-refractivity contribution is -0.108. The second kappa shape index (κ2) is 8.15. The Balaban J connectivity index is 4.10. The van der Waals surface area contributed by atoms with Crippen LogP contribution in [0.3, 0.4) is 0 Å². The molecule has 0 aromatic heterocycles. The number of allylic oxidation sites excluding steroid dienone is 2. The summed E-state index contributed by atoms with van der Waals surface area (Å²) in [5.74, 6) is 0. The highest BCUT2D eigenvalue weighted by Crippen LogP contribution is 2.01. The zero-order valence-electron chi connectivity index (χ0n) is 9.55. The van der Waals surface area contributed by atoms with Crippen LogP contribution in [0, 0.1) is 0 Å². The number of rotatable bonds is 8. The monoisotopic (exact) mass is 208 g/mol. The molecule has 84 valence electrons. The van der Waals surface area contributed by atoms with Crippen molar-refractivity contribution in [2.75, 3.05) is 20.1 Å². The Morgan fingerprint density at radius 2 is 2.00 bits per heavy atom. The molecule has 0 bridgehead atoms. The van der Waals surface area contributed by atoms with Gasteiger partial charge in [-0.25, -0.2) is 0 Å². The normalized spacial score (nSPS) is 12.7. The van der Waals surface area contributed by atoms with Gasteiger partial charge >= 0.3 is 0 Å². The Hall–Kier alpha value is -1.19. The molecule has 0 aromatic carbocycles. The van der Waals surface area contributed by atoms with Crippen molar-refractivity contribution in [1.29, 1.82) is 0 Å². The molecular weight excluding hydrogens is 188 g/mol. The van der Waals surface area contributed by atoms with Crippen molar-refractivity contribution in [3.05, 3.63) is 36.5 Å². The summed E-state index contributed by atoms with van der Waals surface area (Å²) in [7, 11) is 1.87. The smallest absolute Gasteiger partial charge is 0.141 e. The molecule has 2 N–H and O–H groups in total. The van der Waals surface area contributed by atoms with Gasteiger partial charge in [-0.15, -0.1) is 0 Å². The van der Waals surface area contributed by atoms with Crippen LogP contribution in [0.5, 0.6) is 0 Å². The number of hydrogen-bond donors (Lipinski definition) is 2. The van der Waals surface area contributed by atoms with E-state index in [-0.39, 0.29) is 6.04 Å². The number of hydrogen-bond acceptors (Lipinski definition) is 3. The molecule has 3 nitrogen and oxygen atoms in total. The van der Waals surface area contributed by atoms with Crippen LogP contribution in [-0.2, 0) is 4.79 Å². The summed E-state index contributed by atoms with van der Waals surface area (Å²) in [6.45, 7) is 11.0. The third-order valence-corrected chi connectivity index (χ3v) is 1.86. The second-order valence-electron chi connectivity index (χ2n) is 3.43. The van der Waals surface area contributed by atoms with Crippen molar-refractivity contribution >= 4 is 6.29 Å². The molecule has 0 aliphatic heterocycles. The minimum atomic E-state index is -0.311. The van der Waals surface area contributed by atoms with Gasteiger partial charge in [0.1, 0.15) is 6.29 Å². The van der Waals surface area contributed by atoms with Crippen molar-refractivity contribution in [1.82, 2.24) is 10.6 Å². The van der Waals surface area contributed by atoms with Gasteiger partial charge in [0.05, 0.1) is 6.04 Å². The predicted octanol–water partition coefficient (Wildman–Crippen LogP) is 1.05. The van der Waals surface area contributed by atoms with E-state index in [9.17, 15) is 4.79 Å². The van der Waals surface area contributed by atoms with Crippen molar-refractivity contribution in [2.45, 2.75) is 13.0 Å². The number of nitrogens with one attached hydrogen (secondary N) is 2. The summed E-state index contributed by atoms with van der Waals surface area (Å²) < 4.78 is 0. The van der Waals surface area contributed by atoms with E-state index in [2.05, 4.69) is 23.8 Å². The fourth-order valence-electron chi connectivity index (χ4n) is 0.972. The van der Waals surface area contributed by atoms with Crippen LogP contribution in [0.25, 0.3) is 0 Å². The van der Waals surface area contributed by atoms with E-state index in [1.165, 1.54) is 0 Å². The lowest BCUT2D eigenvalue weighted by atomic mass is 10.1. The maximum absolute atomic E-state index is 10.8. The zero-order chi connectivity index (χ0) is 11.7. The highest BCUT2D eigenvalue weighted by atomic mass is 16.1. The highest BCUT2D eigenvalue weighted by Gasteiger charge is 2.06. The van der Waals surface area contributed by atoms with Gasteiger partial charge in [0.2, 0.25) is 0 Å². The van der Waals surface area contributed by atoms with Gasteiger partial charge < -0.3 is 15.4 Å². The van der Waals surface area contributed by atoms with Gasteiger partial charge in [-0.2, -0.15) is 0 Å². The number of likely N-dealkylation sites (N-methyl/N-ethyl adjacent to an activating group) is 1. The molecular formula is C12H20N2O. The van der Waals surface area contributed by atoms with Crippen molar-refractivity contribution in [2.24, 2.45) is 0 Å². The van der Waals surface area contributed by atoms with Crippen LogP contribution in [0.15, 0.2) is 36.5 Å². The summed E-state index contributed by atoms with van der Waals surface area (Å²) in [5.41, 5.74) is 1.69. The molecule has 0 saturated heterocycles. The van der Waals surface area contributed by atoms with Gasteiger partial charge in [0, 0.05) is 13.1 Å². The zero-order valence-corrected chi connectivity index (χ0v) is 9.55. The molecule has 15 heavy (non-hydrogen) atoms. The molecule has 0 aliphatic rings. The average Bonchev–Trinajstić information content (AvgIpc) is 2.21. The summed E-state index contributed by atoms with van der Waals surface area (Å²) in [4.78, 5) is 10.8. The van der Waals surface area contributed by atoms with E-state index in [4.69, 9.17) is 0 Å². The number of carbonyl (C=O) groups excluding carboxylic acids is 1. The lowest BCUT2D eigenvalue weighted by Crippen LogP contribution is -2.36. The Morgan fingerprint density at radius 1 is 1.33 bits per heavy atom. The topological polar surface area (TPSA) is 41.1 Å². The van der Waals surface area contributed by atoms with E-state index in [1.54, 1.807) is 0 Å². The Morgan fingerprint density at radius 3 is 2.47 bits per heavy atom. The SMILES string of the molecule is C=C(C)/C=C\C(=C)C(C=O)NCCNC. The molecule has 3 heteroatoms. The molecule has 0 spiro atoms. The summed E-state index contributed by atoms with van der Waals surface area (Å²) in [5, 5.41) is 6.08. The molecule has 0 rings (SSSR count). The van der Waals surface area contributed by atoms with Crippen molar-refractivity contribution in [3.63, 3.8) is 0 Å². The molecule has 1 atom stereocenters. The van der Waals surface area contributed by atoms with E-state index >= 15 is 0 Å². The second-order valence-corrected chi connectivity index (χ2v) is 3.43. The third kappa shape index (κ3) is 6.82. The van der Waals surface area contributed by atoms with Crippen LogP contribution in [0.4, 0.5) is 0 Å². The summed E-state index contributed by atoms with van der Waals surface area (Å²) in [6, 6.07) is -0.311. The van der Waals surface area contributed by atoms with Gasteiger partial charge in [0.15, 0.2) is 0 Å². The molecule has 0 saturated carbocycles. The molecule has 0 aliphatic carbocycles. The number of aldehydes is 1. The lowest BCUT2D eigenvalue weighted by Gasteiger charge is -2.12. The van der Waals surface area contributed by atoms with E-state index in [0.717, 1.165) is 30.5 Å². The molecule has 0 fully saturated rings. The first-order valence-corrected chi connectivity index (χ1v) is 4.97. The van der Waals surface area contributed by atoms with E-state index < -0.39 is 0 Å². The van der Waals surface area contributed by atoms with E-state index in [0.29, 0.717) is 0 Å². The van der Waals surface area contributed by atoms with E-state index in [1.807, 2.05) is 26.1 Å². The quantitative estimate of drug-likeness (QED) is 0.356. The Kier molecular flexibility index (Phi) is 7.50. The van der Waals surface area contributed by atoms with Gasteiger partial charge in [-0.05, 0) is 19.5 Å². The van der Waals surface area contributed by atoms with Crippen LogP contribution >= 0.6 is 0 Å². The fourth-order valence-corrected chi connectivity index (χ4v) is 0.972. The van der Waals surface area contributed by atoms with Crippen molar-refractivity contribution in [3.8, 4) is 0 Å². The standard InChI is InChI=1S/C12H20N2O/c1-10(2)5-6-11(3)12(9-15)14-8-7-13-4/h5-6,9,12-14H,1,3,7-8H2,2,4H3/b6-5-. The van der Waals surface area contributed by atoms with Crippen LogP contribution in [0.1, 0.15) is 6.92 Å². The van der Waals surface area contributed by atoms with Gasteiger partial charge in [-0.1, -0.05) is 30.9 Å². The van der Waals surface area contributed by atoms with Gasteiger partial charge in [0.25, 0.3) is 0 Å². The molecule has 0 radical (unpaired) electrons. The molecule has 0 amide bonds. The van der Waals surface area contributed by atoms with Crippen LogP contribution < -0.4 is 10.6 Å². The number of carbonyl (C=O) groups is 1. The minimum Gasteiger partial charge on any atom is -0.318 e. The summed E-state index contributed by atoms with van der Waals surface area (Å²) in [6.07, 6.45) is 4.52. The molecule has 0 aromatic rings. The van der Waals surface area contributed by atoms with Crippen molar-refractivity contribution < 1.29 is 4.79 Å². The largest absolute Gasteiger partial charge is 0.318 e. The fraction of sp³-hybridized carbons (Fsp3) is 0.417. The third-order valence-electron chi connectivity index (χ3n) is 1.86. The molecule has 0 heterocycles. The maximum atomic E-state index is 10.8.